The van der Waals surface area contributed by atoms with Gasteiger partial charge in [0.15, 0.2) is 11.5 Å². The van der Waals surface area contributed by atoms with E-state index in [0.29, 0.717) is 6.04 Å². The number of ether oxygens (including phenoxy) is 2. The van der Waals surface area contributed by atoms with Crippen LogP contribution in [0.5, 0.6) is 11.5 Å². The van der Waals surface area contributed by atoms with E-state index in [2.05, 4.69) is 29.6 Å². The molecule has 0 heterocycles. The summed E-state index contributed by atoms with van der Waals surface area (Å²) in [5.74, 6) is 1.51. The molecule has 2 aromatic carbocycles. The predicted octanol–water partition coefficient (Wildman–Crippen LogP) is 3.28. The molecule has 1 aliphatic rings. The standard InChI is InChI=1S/C17H19NO2/c1-19-16-8-7-14(11-17(16)20-2)18-15-9-12-5-3-4-6-13(12)10-15/h3-8,11,15,18H,9-10H2,1-2H3. The van der Waals surface area contributed by atoms with Crippen LogP contribution in [0, 0.1) is 0 Å². The molecule has 20 heavy (non-hydrogen) atoms. The normalized spacial score (nSPS) is 13.9. The number of anilines is 1. The summed E-state index contributed by atoms with van der Waals surface area (Å²) in [6, 6.07) is 15.0. The van der Waals surface area contributed by atoms with Crippen molar-refractivity contribution >= 4 is 5.69 Å². The SMILES string of the molecule is COc1ccc(NC2Cc3ccccc3C2)cc1OC. The van der Waals surface area contributed by atoms with Gasteiger partial charge in [0.25, 0.3) is 0 Å². The number of methoxy groups -OCH3 is 2. The van der Waals surface area contributed by atoms with Crippen molar-refractivity contribution in [1.82, 2.24) is 0 Å². The van der Waals surface area contributed by atoms with E-state index in [1.165, 1.54) is 11.1 Å². The van der Waals surface area contributed by atoms with E-state index in [-0.39, 0.29) is 0 Å². The van der Waals surface area contributed by atoms with Gasteiger partial charge in [0.1, 0.15) is 0 Å². The lowest BCUT2D eigenvalue weighted by Crippen LogP contribution is -2.19. The molecule has 0 saturated heterocycles. The predicted molar refractivity (Wildman–Crippen MR) is 80.8 cm³/mol. The smallest absolute Gasteiger partial charge is 0.162 e. The van der Waals surface area contributed by atoms with E-state index in [4.69, 9.17) is 9.47 Å². The maximum absolute atomic E-state index is 5.34. The Morgan fingerprint density at radius 3 is 2.15 bits per heavy atom. The molecule has 3 heteroatoms. The Labute approximate surface area is 119 Å². The number of hydrogen-bond donors (Lipinski definition) is 1. The average molecular weight is 269 g/mol. The van der Waals surface area contributed by atoms with Crippen molar-refractivity contribution in [2.24, 2.45) is 0 Å². The van der Waals surface area contributed by atoms with Gasteiger partial charge in [0.2, 0.25) is 0 Å². The van der Waals surface area contributed by atoms with Crippen LogP contribution in [0.15, 0.2) is 42.5 Å². The van der Waals surface area contributed by atoms with Crippen molar-refractivity contribution in [3.05, 3.63) is 53.6 Å². The molecule has 0 atom stereocenters. The monoisotopic (exact) mass is 269 g/mol. The fraction of sp³-hybridized carbons (Fsp3) is 0.294. The summed E-state index contributed by atoms with van der Waals surface area (Å²) < 4.78 is 10.6. The first-order valence-electron chi connectivity index (χ1n) is 6.85. The lowest BCUT2D eigenvalue weighted by Gasteiger charge is -2.15. The van der Waals surface area contributed by atoms with Crippen molar-refractivity contribution in [3.63, 3.8) is 0 Å². The number of rotatable bonds is 4. The fourth-order valence-electron chi connectivity index (χ4n) is 2.82. The lowest BCUT2D eigenvalue weighted by atomic mass is 10.1. The van der Waals surface area contributed by atoms with Gasteiger partial charge in [-0.15, -0.1) is 0 Å². The van der Waals surface area contributed by atoms with E-state index in [1.54, 1.807) is 14.2 Å². The molecule has 0 amide bonds. The maximum Gasteiger partial charge on any atom is 0.162 e. The Morgan fingerprint density at radius 2 is 1.55 bits per heavy atom. The molecule has 0 fully saturated rings. The molecule has 0 bridgehead atoms. The number of fused-ring (bicyclic) bond motifs is 1. The summed E-state index contributed by atoms with van der Waals surface area (Å²) in [5, 5.41) is 3.58. The molecule has 0 radical (unpaired) electrons. The molecule has 1 N–H and O–H groups in total. The van der Waals surface area contributed by atoms with Crippen LogP contribution in [-0.4, -0.2) is 20.3 Å². The summed E-state index contributed by atoms with van der Waals surface area (Å²) >= 11 is 0. The molecular formula is C17H19NO2. The first-order valence-corrected chi connectivity index (χ1v) is 6.85. The second kappa shape index (κ2) is 5.45. The van der Waals surface area contributed by atoms with Crippen LogP contribution in [0.25, 0.3) is 0 Å². The van der Waals surface area contributed by atoms with Crippen molar-refractivity contribution in [3.8, 4) is 11.5 Å². The molecule has 2 aromatic rings. The van der Waals surface area contributed by atoms with Crippen molar-refractivity contribution in [1.29, 1.82) is 0 Å². The van der Waals surface area contributed by atoms with Gasteiger partial charge in [-0.1, -0.05) is 24.3 Å². The molecule has 3 rings (SSSR count). The van der Waals surface area contributed by atoms with E-state index >= 15 is 0 Å². The van der Waals surface area contributed by atoms with E-state index in [1.807, 2.05) is 18.2 Å². The average Bonchev–Trinajstić information content (AvgIpc) is 2.89. The van der Waals surface area contributed by atoms with Gasteiger partial charge in [-0.2, -0.15) is 0 Å². The first kappa shape index (κ1) is 12.9. The van der Waals surface area contributed by atoms with Crippen molar-refractivity contribution < 1.29 is 9.47 Å². The Hall–Kier alpha value is -2.16. The third kappa shape index (κ3) is 2.44. The third-order valence-corrected chi connectivity index (χ3v) is 3.81. The molecular weight excluding hydrogens is 250 g/mol. The van der Waals surface area contributed by atoms with Crippen molar-refractivity contribution in [2.45, 2.75) is 18.9 Å². The van der Waals surface area contributed by atoms with Gasteiger partial charge in [-0.25, -0.2) is 0 Å². The van der Waals surface area contributed by atoms with Crippen LogP contribution < -0.4 is 14.8 Å². The van der Waals surface area contributed by atoms with Gasteiger partial charge in [0, 0.05) is 17.8 Å². The van der Waals surface area contributed by atoms with Gasteiger partial charge >= 0.3 is 0 Å². The van der Waals surface area contributed by atoms with Crippen LogP contribution in [0.2, 0.25) is 0 Å². The van der Waals surface area contributed by atoms with Crippen molar-refractivity contribution in [2.75, 3.05) is 19.5 Å². The highest BCUT2D eigenvalue weighted by Gasteiger charge is 2.20. The van der Waals surface area contributed by atoms with E-state index in [0.717, 1.165) is 30.0 Å². The first-order chi connectivity index (χ1) is 9.80. The summed E-state index contributed by atoms with van der Waals surface area (Å²) in [7, 11) is 3.31. The summed E-state index contributed by atoms with van der Waals surface area (Å²) in [6.45, 7) is 0. The molecule has 0 unspecified atom stereocenters. The van der Waals surface area contributed by atoms with E-state index < -0.39 is 0 Å². The third-order valence-electron chi connectivity index (χ3n) is 3.81. The van der Waals surface area contributed by atoms with E-state index in [9.17, 15) is 0 Å². The fourth-order valence-corrected chi connectivity index (χ4v) is 2.82. The van der Waals surface area contributed by atoms with Crippen LogP contribution in [0.1, 0.15) is 11.1 Å². The highest BCUT2D eigenvalue weighted by molar-refractivity contribution is 5.56. The zero-order valence-corrected chi connectivity index (χ0v) is 11.8. The molecule has 0 saturated carbocycles. The molecule has 104 valence electrons. The minimum atomic E-state index is 0.450. The Balaban J connectivity index is 1.74. The second-order valence-corrected chi connectivity index (χ2v) is 5.09. The highest BCUT2D eigenvalue weighted by atomic mass is 16.5. The van der Waals surface area contributed by atoms with Crippen LogP contribution in [-0.2, 0) is 12.8 Å². The minimum Gasteiger partial charge on any atom is -0.493 e. The topological polar surface area (TPSA) is 30.5 Å². The molecule has 3 nitrogen and oxygen atoms in total. The second-order valence-electron chi connectivity index (χ2n) is 5.09. The quantitative estimate of drug-likeness (QED) is 0.924. The van der Waals surface area contributed by atoms with Gasteiger partial charge in [-0.3, -0.25) is 0 Å². The number of hydrogen-bond acceptors (Lipinski definition) is 3. The lowest BCUT2D eigenvalue weighted by molar-refractivity contribution is 0.355. The molecule has 0 spiro atoms. The molecule has 1 aliphatic carbocycles. The van der Waals surface area contributed by atoms with Gasteiger partial charge in [0.05, 0.1) is 14.2 Å². The maximum atomic E-state index is 5.34. The van der Waals surface area contributed by atoms with Gasteiger partial charge in [-0.05, 0) is 36.1 Å². The Bertz CT molecular complexity index is 585. The van der Waals surface area contributed by atoms with Crippen LogP contribution in [0.4, 0.5) is 5.69 Å². The largest absolute Gasteiger partial charge is 0.493 e. The minimum absolute atomic E-state index is 0.450. The Kier molecular flexibility index (Phi) is 3.50. The van der Waals surface area contributed by atoms with Crippen LogP contribution in [0.3, 0.4) is 0 Å². The van der Waals surface area contributed by atoms with Gasteiger partial charge < -0.3 is 14.8 Å². The zero-order chi connectivity index (χ0) is 13.9. The molecule has 0 aromatic heterocycles. The summed E-state index contributed by atoms with van der Waals surface area (Å²) in [6.07, 6.45) is 2.15. The zero-order valence-electron chi connectivity index (χ0n) is 11.8. The summed E-state index contributed by atoms with van der Waals surface area (Å²) in [4.78, 5) is 0. The number of benzene rings is 2. The molecule has 0 aliphatic heterocycles. The van der Waals surface area contributed by atoms with Crippen LogP contribution >= 0.6 is 0 Å². The highest BCUT2D eigenvalue weighted by Crippen LogP contribution is 2.31. The number of nitrogens with one attached hydrogen (secondary N) is 1. The Morgan fingerprint density at radius 1 is 0.900 bits per heavy atom. The summed E-state index contributed by atoms with van der Waals surface area (Å²) in [5.41, 5.74) is 3.97.